The van der Waals surface area contributed by atoms with E-state index in [9.17, 15) is 26.7 Å². The minimum Gasteiger partial charge on any atom is -0.368 e. The fourth-order valence-corrected chi connectivity index (χ4v) is 2.98. The van der Waals surface area contributed by atoms with Gasteiger partial charge < -0.3 is 9.80 Å². The first-order valence-electron chi connectivity index (χ1n) is 7.62. The molecular weight excluding hydrogens is 379 g/mol. The first-order chi connectivity index (χ1) is 12.3. The molecule has 0 aromatic heterocycles. The number of amides is 1. The average molecular weight is 391 g/mol. The van der Waals surface area contributed by atoms with Crippen LogP contribution >= 0.6 is 11.6 Å². The van der Waals surface area contributed by atoms with Gasteiger partial charge in [0.15, 0.2) is 23.3 Å². The Morgan fingerprint density at radius 1 is 0.846 bits per heavy atom. The molecular formula is C17H12ClF5N2O. The normalized spacial score (nSPS) is 14.7. The van der Waals surface area contributed by atoms with Gasteiger partial charge >= 0.3 is 0 Å². The molecule has 0 aliphatic carbocycles. The van der Waals surface area contributed by atoms with Crippen molar-refractivity contribution in [3.63, 3.8) is 0 Å². The van der Waals surface area contributed by atoms with Gasteiger partial charge in [-0.05, 0) is 18.2 Å². The average Bonchev–Trinajstić information content (AvgIpc) is 2.65. The summed E-state index contributed by atoms with van der Waals surface area (Å²) in [5.41, 5.74) is -0.626. The predicted molar refractivity (Wildman–Crippen MR) is 85.8 cm³/mol. The topological polar surface area (TPSA) is 23.6 Å². The number of piperazine rings is 1. The van der Waals surface area contributed by atoms with Crippen molar-refractivity contribution in [2.45, 2.75) is 0 Å². The molecule has 1 saturated heterocycles. The first kappa shape index (κ1) is 18.4. The molecule has 0 unspecified atom stereocenters. The summed E-state index contributed by atoms with van der Waals surface area (Å²) < 4.78 is 67.3. The molecule has 1 aliphatic heterocycles. The van der Waals surface area contributed by atoms with Gasteiger partial charge in [-0.25, -0.2) is 22.0 Å². The van der Waals surface area contributed by atoms with Gasteiger partial charge in [0.2, 0.25) is 5.82 Å². The second-order valence-electron chi connectivity index (χ2n) is 5.70. The van der Waals surface area contributed by atoms with E-state index in [-0.39, 0.29) is 13.1 Å². The molecule has 3 nitrogen and oxygen atoms in total. The molecule has 1 fully saturated rings. The monoisotopic (exact) mass is 390 g/mol. The van der Waals surface area contributed by atoms with Crippen LogP contribution in [0.5, 0.6) is 0 Å². The van der Waals surface area contributed by atoms with E-state index in [1.165, 1.54) is 0 Å². The lowest BCUT2D eigenvalue weighted by Gasteiger charge is -2.36. The molecule has 0 radical (unpaired) electrons. The fourth-order valence-electron chi connectivity index (χ4n) is 2.79. The van der Waals surface area contributed by atoms with Gasteiger partial charge in [0.1, 0.15) is 5.56 Å². The van der Waals surface area contributed by atoms with Crippen LogP contribution in [0.3, 0.4) is 0 Å². The van der Waals surface area contributed by atoms with Crippen LogP contribution in [-0.2, 0) is 0 Å². The summed E-state index contributed by atoms with van der Waals surface area (Å²) in [5, 5.41) is 0.530. The van der Waals surface area contributed by atoms with Crippen LogP contribution < -0.4 is 4.90 Å². The predicted octanol–water partition coefficient (Wildman–Crippen LogP) is 4.00. The van der Waals surface area contributed by atoms with Crippen LogP contribution in [0.4, 0.5) is 27.6 Å². The number of hydrogen-bond donors (Lipinski definition) is 0. The molecule has 3 rings (SSSR count). The van der Waals surface area contributed by atoms with Crippen LogP contribution in [0.1, 0.15) is 10.4 Å². The van der Waals surface area contributed by atoms with E-state index < -0.39 is 40.6 Å². The Hall–Kier alpha value is -2.35. The smallest absolute Gasteiger partial charge is 0.260 e. The Morgan fingerprint density at radius 3 is 1.92 bits per heavy atom. The van der Waals surface area contributed by atoms with Crippen molar-refractivity contribution in [3.8, 4) is 0 Å². The summed E-state index contributed by atoms with van der Waals surface area (Å²) in [6, 6.07) is 6.99. The summed E-state index contributed by atoms with van der Waals surface area (Å²) in [6.07, 6.45) is 0. The third-order valence-corrected chi connectivity index (χ3v) is 4.40. The number of anilines is 1. The molecule has 1 amide bonds. The number of carbonyl (C=O) groups is 1. The summed E-state index contributed by atoms with van der Waals surface area (Å²) in [4.78, 5) is 15.3. The SMILES string of the molecule is O=C(c1c(F)c(F)c(F)c(F)c1F)N1CCN(c2cccc(Cl)c2)CC1. The summed E-state index contributed by atoms with van der Waals surface area (Å²) >= 11 is 5.92. The molecule has 0 bridgehead atoms. The molecule has 9 heteroatoms. The van der Waals surface area contributed by atoms with Crippen molar-refractivity contribution in [3.05, 3.63) is 63.9 Å². The van der Waals surface area contributed by atoms with Crippen LogP contribution in [-0.4, -0.2) is 37.0 Å². The van der Waals surface area contributed by atoms with Crippen molar-refractivity contribution in [2.75, 3.05) is 31.1 Å². The van der Waals surface area contributed by atoms with E-state index in [0.29, 0.717) is 18.1 Å². The zero-order valence-electron chi connectivity index (χ0n) is 13.2. The molecule has 26 heavy (non-hydrogen) atoms. The highest BCUT2D eigenvalue weighted by atomic mass is 35.5. The minimum atomic E-state index is -2.29. The molecule has 0 atom stereocenters. The Kier molecular flexibility index (Phi) is 5.04. The molecule has 0 spiro atoms. The van der Waals surface area contributed by atoms with E-state index in [4.69, 9.17) is 11.6 Å². The van der Waals surface area contributed by atoms with Crippen LogP contribution in [0.2, 0.25) is 5.02 Å². The summed E-state index contributed by atoms with van der Waals surface area (Å²) in [6.45, 7) is 0.763. The molecule has 2 aromatic rings. The third kappa shape index (κ3) is 3.21. The fraction of sp³-hybridized carbons (Fsp3) is 0.235. The number of carbonyl (C=O) groups excluding carboxylic acids is 1. The van der Waals surface area contributed by atoms with Gasteiger partial charge in [-0.3, -0.25) is 4.79 Å². The van der Waals surface area contributed by atoms with Gasteiger partial charge in [-0.15, -0.1) is 0 Å². The highest BCUT2D eigenvalue weighted by Gasteiger charge is 2.33. The van der Waals surface area contributed by atoms with Crippen molar-refractivity contribution >= 4 is 23.2 Å². The Balaban J connectivity index is 1.79. The second-order valence-corrected chi connectivity index (χ2v) is 6.14. The largest absolute Gasteiger partial charge is 0.368 e. The number of halogens is 6. The van der Waals surface area contributed by atoms with Gasteiger partial charge in [0.05, 0.1) is 0 Å². The van der Waals surface area contributed by atoms with Gasteiger partial charge in [-0.2, -0.15) is 0 Å². The van der Waals surface area contributed by atoms with E-state index in [2.05, 4.69) is 0 Å². The Bertz CT molecular complexity index is 839. The summed E-state index contributed by atoms with van der Waals surface area (Å²) in [7, 11) is 0. The van der Waals surface area contributed by atoms with Crippen molar-refractivity contribution in [2.24, 2.45) is 0 Å². The number of nitrogens with zero attached hydrogens (tertiary/aromatic N) is 2. The first-order valence-corrected chi connectivity index (χ1v) is 8.00. The van der Waals surface area contributed by atoms with E-state index in [1.807, 2.05) is 11.0 Å². The molecule has 0 N–H and O–H groups in total. The maximum atomic E-state index is 13.8. The van der Waals surface area contributed by atoms with Crippen molar-refractivity contribution < 1.29 is 26.7 Å². The lowest BCUT2D eigenvalue weighted by atomic mass is 10.1. The van der Waals surface area contributed by atoms with Crippen LogP contribution in [0.15, 0.2) is 24.3 Å². The number of rotatable bonds is 2. The van der Waals surface area contributed by atoms with Crippen molar-refractivity contribution in [1.82, 2.24) is 4.90 Å². The number of benzene rings is 2. The second kappa shape index (κ2) is 7.11. The highest BCUT2D eigenvalue weighted by molar-refractivity contribution is 6.30. The van der Waals surface area contributed by atoms with Gasteiger partial charge in [-0.1, -0.05) is 17.7 Å². The molecule has 138 valence electrons. The van der Waals surface area contributed by atoms with Gasteiger partial charge in [0.25, 0.3) is 5.91 Å². The maximum absolute atomic E-state index is 13.8. The van der Waals surface area contributed by atoms with E-state index >= 15 is 0 Å². The third-order valence-electron chi connectivity index (χ3n) is 4.16. The Labute approximate surface area is 150 Å². The lowest BCUT2D eigenvalue weighted by Crippen LogP contribution is -2.49. The van der Waals surface area contributed by atoms with Crippen molar-refractivity contribution in [1.29, 1.82) is 0 Å². The zero-order chi connectivity index (χ0) is 19.0. The van der Waals surface area contributed by atoms with Crippen LogP contribution in [0.25, 0.3) is 0 Å². The quantitative estimate of drug-likeness (QED) is 0.439. The lowest BCUT2D eigenvalue weighted by molar-refractivity contribution is 0.0733. The van der Waals surface area contributed by atoms with E-state index in [1.54, 1.807) is 18.2 Å². The molecule has 1 aliphatic rings. The molecule has 2 aromatic carbocycles. The standard InChI is InChI=1S/C17H12ClF5N2O/c18-9-2-1-3-10(8-9)24-4-6-25(7-5-24)17(26)11-12(19)14(21)16(23)15(22)13(11)20/h1-3,8H,4-7H2. The maximum Gasteiger partial charge on any atom is 0.260 e. The Morgan fingerprint density at radius 2 is 1.38 bits per heavy atom. The number of hydrogen-bond acceptors (Lipinski definition) is 2. The van der Waals surface area contributed by atoms with E-state index in [0.717, 1.165) is 10.6 Å². The highest BCUT2D eigenvalue weighted by Crippen LogP contribution is 2.26. The molecule has 0 saturated carbocycles. The van der Waals surface area contributed by atoms with Gasteiger partial charge in [0, 0.05) is 36.9 Å². The zero-order valence-corrected chi connectivity index (χ0v) is 14.0. The minimum absolute atomic E-state index is 0.0604. The molecule has 1 heterocycles. The summed E-state index contributed by atoms with van der Waals surface area (Å²) in [5.74, 6) is -12.0. The van der Waals surface area contributed by atoms with Crippen LogP contribution in [0, 0.1) is 29.1 Å².